The second kappa shape index (κ2) is 5.17. The Bertz CT molecular complexity index is 254. The highest BCUT2D eigenvalue weighted by Crippen LogP contribution is 2.31. The third-order valence-electron chi connectivity index (χ3n) is 4.09. The largest absolute Gasteiger partial charge is 0.341 e. The maximum atomic E-state index is 12.0. The van der Waals surface area contributed by atoms with Gasteiger partial charge in [0, 0.05) is 25.6 Å². The van der Waals surface area contributed by atoms with Crippen LogP contribution >= 0.6 is 0 Å². The van der Waals surface area contributed by atoms with Gasteiger partial charge in [-0.15, -0.1) is 0 Å². The molecular formula is C13H24N2O. The minimum absolute atomic E-state index is 0.217. The fourth-order valence-electron chi connectivity index (χ4n) is 3.14. The maximum Gasteiger partial charge on any atom is 0.222 e. The third-order valence-corrected chi connectivity index (χ3v) is 4.09. The van der Waals surface area contributed by atoms with Crippen molar-refractivity contribution >= 4 is 5.91 Å². The Kier molecular flexibility index (Phi) is 3.85. The van der Waals surface area contributed by atoms with Crippen LogP contribution < -0.4 is 5.73 Å². The van der Waals surface area contributed by atoms with Gasteiger partial charge >= 0.3 is 0 Å². The molecule has 92 valence electrons. The number of carbonyl (C=O) groups is 1. The van der Waals surface area contributed by atoms with Crippen LogP contribution in [0, 0.1) is 11.8 Å². The van der Waals surface area contributed by atoms with Crippen LogP contribution in [0.5, 0.6) is 0 Å². The van der Waals surface area contributed by atoms with Crippen molar-refractivity contribution in [2.45, 2.75) is 51.5 Å². The average Bonchev–Trinajstić information content (AvgIpc) is 2.65. The van der Waals surface area contributed by atoms with Crippen LogP contribution in [0.4, 0.5) is 0 Å². The van der Waals surface area contributed by atoms with Crippen LogP contribution in [0.1, 0.15) is 45.4 Å². The summed E-state index contributed by atoms with van der Waals surface area (Å²) in [5, 5.41) is 0. The van der Waals surface area contributed by atoms with Crippen LogP contribution in [0.15, 0.2) is 0 Å². The fourth-order valence-corrected chi connectivity index (χ4v) is 3.14. The Hall–Kier alpha value is -0.570. The summed E-state index contributed by atoms with van der Waals surface area (Å²) in [5.74, 6) is 1.78. The first kappa shape index (κ1) is 11.9. The van der Waals surface area contributed by atoms with Crippen LogP contribution in [0.2, 0.25) is 0 Å². The van der Waals surface area contributed by atoms with Gasteiger partial charge in [-0.25, -0.2) is 0 Å². The summed E-state index contributed by atoms with van der Waals surface area (Å²) in [6.45, 7) is 3.96. The third kappa shape index (κ3) is 2.97. The Morgan fingerprint density at radius 2 is 2.19 bits per heavy atom. The van der Waals surface area contributed by atoms with Gasteiger partial charge < -0.3 is 10.6 Å². The minimum atomic E-state index is 0.217. The molecule has 0 aromatic rings. The second-order valence-corrected chi connectivity index (χ2v) is 5.73. The van der Waals surface area contributed by atoms with Crippen molar-refractivity contribution in [2.24, 2.45) is 17.6 Å². The van der Waals surface area contributed by atoms with Crippen molar-refractivity contribution in [2.75, 3.05) is 13.1 Å². The minimum Gasteiger partial charge on any atom is -0.341 e. The first-order valence-corrected chi connectivity index (χ1v) is 6.68. The molecule has 1 saturated heterocycles. The molecule has 0 spiro atoms. The molecule has 2 aliphatic rings. The lowest BCUT2D eigenvalue weighted by Crippen LogP contribution is -2.33. The van der Waals surface area contributed by atoms with Crippen LogP contribution in [-0.4, -0.2) is 29.9 Å². The zero-order valence-electron chi connectivity index (χ0n) is 10.3. The van der Waals surface area contributed by atoms with E-state index in [0.29, 0.717) is 11.8 Å². The molecule has 0 bridgehead atoms. The van der Waals surface area contributed by atoms with Gasteiger partial charge in [-0.05, 0) is 31.1 Å². The van der Waals surface area contributed by atoms with E-state index in [4.69, 9.17) is 5.73 Å². The summed E-state index contributed by atoms with van der Waals surface area (Å²) >= 11 is 0. The molecule has 1 amide bonds. The first-order chi connectivity index (χ1) is 7.65. The van der Waals surface area contributed by atoms with Gasteiger partial charge in [0.05, 0.1) is 0 Å². The van der Waals surface area contributed by atoms with E-state index in [1.54, 1.807) is 0 Å². The molecule has 3 heteroatoms. The maximum absolute atomic E-state index is 12.0. The number of amides is 1. The van der Waals surface area contributed by atoms with Crippen LogP contribution in [0.25, 0.3) is 0 Å². The fraction of sp³-hybridized carbons (Fsp3) is 0.923. The standard InChI is InChI=1S/C13H24N2O/c1-10-3-2-4-11(7-10)8-13(16)15-6-5-12(14)9-15/h10-12H,2-9,14H2,1H3/t10?,11?,12-/m1/s1. The molecule has 2 fully saturated rings. The second-order valence-electron chi connectivity index (χ2n) is 5.73. The molecule has 0 aromatic heterocycles. The van der Waals surface area contributed by atoms with Crippen molar-refractivity contribution in [1.82, 2.24) is 4.90 Å². The molecule has 2 N–H and O–H groups in total. The van der Waals surface area contributed by atoms with E-state index in [9.17, 15) is 4.79 Å². The monoisotopic (exact) mass is 224 g/mol. The summed E-state index contributed by atoms with van der Waals surface area (Å²) in [6.07, 6.45) is 6.88. The molecule has 16 heavy (non-hydrogen) atoms. The highest BCUT2D eigenvalue weighted by molar-refractivity contribution is 5.76. The zero-order chi connectivity index (χ0) is 11.5. The average molecular weight is 224 g/mol. The predicted octanol–water partition coefficient (Wildman–Crippen LogP) is 1.76. The molecule has 3 atom stereocenters. The van der Waals surface area contributed by atoms with Crippen LogP contribution in [-0.2, 0) is 4.79 Å². The van der Waals surface area contributed by atoms with E-state index < -0.39 is 0 Å². The van der Waals surface area contributed by atoms with Gasteiger partial charge in [0.2, 0.25) is 5.91 Å². The number of likely N-dealkylation sites (tertiary alicyclic amines) is 1. The number of hydrogen-bond acceptors (Lipinski definition) is 2. The Balaban J connectivity index is 1.78. The quantitative estimate of drug-likeness (QED) is 0.777. The zero-order valence-corrected chi connectivity index (χ0v) is 10.3. The van der Waals surface area contributed by atoms with E-state index in [2.05, 4.69) is 6.92 Å². The van der Waals surface area contributed by atoms with Gasteiger partial charge in [-0.3, -0.25) is 4.79 Å². The molecule has 1 aliphatic carbocycles. The lowest BCUT2D eigenvalue weighted by atomic mass is 9.80. The summed E-state index contributed by atoms with van der Waals surface area (Å²) in [4.78, 5) is 14.0. The van der Waals surface area contributed by atoms with E-state index in [0.717, 1.165) is 31.8 Å². The normalized spacial score (nSPS) is 35.4. The lowest BCUT2D eigenvalue weighted by molar-refractivity contribution is -0.131. The molecule has 1 heterocycles. The molecule has 2 rings (SSSR count). The highest BCUT2D eigenvalue weighted by Gasteiger charge is 2.27. The Morgan fingerprint density at radius 3 is 2.81 bits per heavy atom. The molecule has 1 aliphatic heterocycles. The summed E-state index contributed by atoms with van der Waals surface area (Å²) < 4.78 is 0. The van der Waals surface area contributed by atoms with E-state index in [-0.39, 0.29) is 6.04 Å². The molecule has 0 radical (unpaired) electrons. The molecular weight excluding hydrogens is 200 g/mol. The highest BCUT2D eigenvalue weighted by atomic mass is 16.2. The smallest absolute Gasteiger partial charge is 0.222 e. The number of nitrogens with two attached hydrogens (primary N) is 1. The van der Waals surface area contributed by atoms with Crippen molar-refractivity contribution in [1.29, 1.82) is 0 Å². The summed E-state index contributed by atoms with van der Waals surface area (Å²) in [7, 11) is 0. The topological polar surface area (TPSA) is 46.3 Å². The molecule has 3 nitrogen and oxygen atoms in total. The number of hydrogen-bond donors (Lipinski definition) is 1. The summed E-state index contributed by atoms with van der Waals surface area (Å²) in [6, 6.07) is 0.217. The van der Waals surface area contributed by atoms with Gasteiger partial charge in [-0.1, -0.05) is 19.8 Å². The van der Waals surface area contributed by atoms with Gasteiger partial charge in [-0.2, -0.15) is 0 Å². The van der Waals surface area contributed by atoms with Crippen molar-refractivity contribution in [3.8, 4) is 0 Å². The number of nitrogens with zero attached hydrogens (tertiary/aromatic N) is 1. The van der Waals surface area contributed by atoms with E-state index in [1.807, 2.05) is 4.90 Å². The van der Waals surface area contributed by atoms with E-state index >= 15 is 0 Å². The first-order valence-electron chi connectivity index (χ1n) is 6.68. The molecule has 1 saturated carbocycles. The molecule has 2 unspecified atom stereocenters. The van der Waals surface area contributed by atoms with Gasteiger partial charge in [0.25, 0.3) is 0 Å². The Labute approximate surface area is 98.4 Å². The predicted molar refractivity (Wildman–Crippen MR) is 64.9 cm³/mol. The van der Waals surface area contributed by atoms with E-state index in [1.165, 1.54) is 25.7 Å². The van der Waals surface area contributed by atoms with Crippen LogP contribution in [0.3, 0.4) is 0 Å². The van der Waals surface area contributed by atoms with Crippen molar-refractivity contribution in [3.05, 3.63) is 0 Å². The summed E-state index contributed by atoms with van der Waals surface area (Å²) in [5.41, 5.74) is 5.82. The van der Waals surface area contributed by atoms with Crippen molar-refractivity contribution in [3.63, 3.8) is 0 Å². The van der Waals surface area contributed by atoms with Gasteiger partial charge in [0.1, 0.15) is 0 Å². The SMILES string of the molecule is CC1CCCC(CC(=O)N2CC[C@@H](N)C2)C1. The Morgan fingerprint density at radius 1 is 1.38 bits per heavy atom. The number of carbonyl (C=O) groups excluding carboxylic acids is 1. The van der Waals surface area contributed by atoms with Crippen molar-refractivity contribution < 1.29 is 4.79 Å². The van der Waals surface area contributed by atoms with Gasteiger partial charge in [0.15, 0.2) is 0 Å². The lowest BCUT2D eigenvalue weighted by Gasteiger charge is -2.27. The number of rotatable bonds is 2. The molecule has 0 aromatic carbocycles.